The van der Waals surface area contributed by atoms with E-state index in [4.69, 9.17) is 23.8 Å². The number of rotatable bonds is 4. The predicted molar refractivity (Wildman–Crippen MR) is 124 cm³/mol. The van der Waals surface area contributed by atoms with Gasteiger partial charge in [0.05, 0.1) is 21.6 Å². The van der Waals surface area contributed by atoms with Crippen LogP contribution in [0.1, 0.15) is 5.69 Å². The van der Waals surface area contributed by atoms with Crippen molar-refractivity contribution in [3.8, 4) is 5.69 Å². The Hall–Kier alpha value is -2.04. The van der Waals surface area contributed by atoms with Crippen LogP contribution < -0.4 is 5.56 Å². The number of benzene rings is 2. The van der Waals surface area contributed by atoms with Crippen molar-refractivity contribution in [2.75, 3.05) is 0 Å². The Morgan fingerprint density at radius 1 is 1.10 bits per heavy atom. The average molecular weight is 475 g/mol. The fourth-order valence-corrected chi connectivity index (χ4v) is 6.33. The molecule has 0 aliphatic heterocycles. The first kappa shape index (κ1) is 19.0. The van der Waals surface area contributed by atoms with Crippen LogP contribution in [0.4, 0.5) is 0 Å². The zero-order valence-corrected chi connectivity index (χ0v) is 18.6. The Bertz CT molecular complexity index is 1470. The number of fused-ring (bicyclic) bond motifs is 3. The zero-order chi connectivity index (χ0) is 20.0. The lowest BCUT2D eigenvalue weighted by Gasteiger charge is -2.01. The molecule has 0 saturated carbocycles. The summed E-state index contributed by atoms with van der Waals surface area (Å²) in [5, 5.41) is 5.25. The molecular formula is C19H11ClN4OS4. The number of aromatic nitrogens is 4. The molecule has 0 aliphatic carbocycles. The Morgan fingerprint density at radius 2 is 1.90 bits per heavy atom. The topological polar surface area (TPSA) is 52.2 Å². The number of hydrogen-bond donors (Lipinski definition) is 0. The van der Waals surface area contributed by atoms with Gasteiger partial charge in [-0.3, -0.25) is 9.20 Å². The Labute approximate surface area is 187 Å². The van der Waals surface area contributed by atoms with E-state index < -0.39 is 0 Å². The summed E-state index contributed by atoms with van der Waals surface area (Å²) < 4.78 is 5.90. The quantitative estimate of drug-likeness (QED) is 0.242. The van der Waals surface area contributed by atoms with Crippen molar-refractivity contribution in [3.05, 3.63) is 79.6 Å². The van der Waals surface area contributed by atoms with Gasteiger partial charge in [0.25, 0.3) is 5.56 Å². The first-order valence-electron chi connectivity index (χ1n) is 8.48. The van der Waals surface area contributed by atoms with Crippen molar-refractivity contribution in [3.63, 3.8) is 0 Å². The van der Waals surface area contributed by atoms with E-state index in [0.29, 0.717) is 19.7 Å². The van der Waals surface area contributed by atoms with Crippen LogP contribution in [0.5, 0.6) is 0 Å². The first-order chi connectivity index (χ1) is 14.1. The van der Waals surface area contributed by atoms with E-state index in [1.807, 2.05) is 48.5 Å². The lowest BCUT2D eigenvalue weighted by atomic mass is 10.3. The summed E-state index contributed by atoms with van der Waals surface area (Å²) in [6, 6.07) is 16.8. The van der Waals surface area contributed by atoms with Crippen LogP contribution >= 0.6 is 58.3 Å². The van der Waals surface area contributed by atoms with E-state index >= 15 is 0 Å². The highest BCUT2D eigenvalue weighted by atomic mass is 35.5. The number of para-hydroxylation sites is 1. The molecule has 0 radical (unpaired) electrons. The second-order valence-corrected chi connectivity index (χ2v) is 10.4. The van der Waals surface area contributed by atoms with Gasteiger partial charge in [0, 0.05) is 16.8 Å². The van der Waals surface area contributed by atoms with Gasteiger partial charge < -0.3 is 0 Å². The van der Waals surface area contributed by atoms with Gasteiger partial charge in [0.2, 0.25) is 0 Å². The Balaban J connectivity index is 1.43. The number of thioether (sulfide) groups is 1. The van der Waals surface area contributed by atoms with Crippen molar-refractivity contribution < 1.29 is 0 Å². The number of nitrogens with zero attached hydrogens (tertiary/aromatic N) is 4. The van der Waals surface area contributed by atoms with Crippen LogP contribution in [0.3, 0.4) is 0 Å². The van der Waals surface area contributed by atoms with E-state index in [2.05, 4.69) is 10.1 Å². The van der Waals surface area contributed by atoms with Crippen molar-refractivity contribution in [2.24, 2.45) is 0 Å². The molecule has 3 aromatic heterocycles. The fraction of sp³-hybridized carbons (Fsp3) is 0.0526. The van der Waals surface area contributed by atoms with E-state index in [1.165, 1.54) is 34.4 Å². The van der Waals surface area contributed by atoms with Crippen LogP contribution in [-0.2, 0) is 5.75 Å². The van der Waals surface area contributed by atoms with E-state index in [-0.39, 0.29) is 5.56 Å². The highest BCUT2D eigenvalue weighted by Gasteiger charge is 2.11. The summed E-state index contributed by atoms with van der Waals surface area (Å²) >= 11 is 15.9. The minimum absolute atomic E-state index is 0.0672. The number of hydrogen-bond acceptors (Lipinski definition) is 7. The number of halogens is 1. The molecule has 5 nitrogen and oxygen atoms in total. The molecule has 2 aromatic carbocycles. The van der Waals surface area contributed by atoms with Crippen LogP contribution in [-0.4, -0.2) is 19.2 Å². The molecule has 5 rings (SSSR count). The summed E-state index contributed by atoms with van der Waals surface area (Å²) in [7, 11) is 0. The van der Waals surface area contributed by atoms with Crippen molar-refractivity contribution >= 4 is 73.4 Å². The van der Waals surface area contributed by atoms with Crippen molar-refractivity contribution in [1.29, 1.82) is 0 Å². The van der Waals surface area contributed by atoms with Gasteiger partial charge in [0.15, 0.2) is 13.3 Å². The molecule has 0 fully saturated rings. The maximum Gasteiger partial charge on any atom is 0.259 e. The molecule has 0 unspecified atom stereocenters. The molecule has 0 spiro atoms. The first-order valence-corrected chi connectivity index (χ1v) is 11.9. The Kier molecular flexibility index (Phi) is 5.00. The lowest BCUT2D eigenvalue weighted by molar-refractivity contribution is 0.829. The van der Waals surface area contributed by atoms with Gasteiger partial charge in [-0.05, 0) is 48.6 Å². The van der Waals surface area contributed by atoms with Crippen LogP contribution in [0.25, 0.3) is 20.9 Å². The second-order valence-electron chi connectivity index (χ2n) is 6.08. The number of thiazole rings is 1. The molecule has 0 saturated heterocycles. The standard InChI is InChI=1S/C19H11ClN4OS4/c20-11-5-7-13(8-6-11)24-19(26)29-18(22-24)27-10-12-9-16(25)23-14-3-1-2-4-15(14)28-17(23)21-12/h1-9H,10H2. The fourth-order valence-electron chi connectivity index (χ4n) is 2.90. The third-order valence-electron chi connectivity index (χ3n) is 4.19. The van der Waals surface area contributed by atoms with Gasteiger partial charge in [-0.2, -0.15) is 0 Å². The summed E-state index contributed by atoms with van der Waals surface area (Å²) in [5.41, 5.74) is 2.42. The summed E-state index contributed by atoms with van der Waals surface area (Å²) in [6.07, 6.45) is 0. The second kappa shape index (κ2) is 7.66. The van der Waals surface area contributed by atoms with Crippen LogP contribution in [0, 0.1) is 3.95 Å². The third kappa shape index (κ3) is 3.64. The maximum atomic E-state index is 12.6. The summed E-state index contributed by atoms with van der Waals surface area (Å²) in [6.45, 7) is 0. The molecule has 5 aromatic rings. The molecule has 0 atom stereocenters. The lowest BCUT2D eigenvalue weighted by Crippen LogP contribution is -2.13. The molecule has 0 bridgehead atoms. The SMILES string of the molecule is O=c1cc(CSc2nn(-c3ccc(Cl)cc3)c(=S)s2)nc2sc3ccccc3n12. The summed E-state index contributed by atoms with van der Waals surface area (Å²) in [5.74, 6) is 0.545. The van der Waals surface area contributed by atoms with Crippen molar-refractivity contribution in [1.82, 2.24) is 19.2 Å². The highest BCUT2D eigenvalue weighted by Crippen LogP contribution is 2.28. The molecule has 0 amide bonds. The van der Waals surface area contributed by atoms with E-state index in [0.717, 1.165) is 25.9 Å². The highest BCUT2D eigenvalue weighted by molar-refractivity contribution is 8.00. The van der Waals surface area contributed by atoms with Crippen LogP contribution in [0.15, 0.2) is 63.7 Å². The van der Waals surface area contributed by atoms with Gasteiger partial charge >= 0.3 is 0 Å². The molecule has 0 N–H and O–H groups in total. The molecular weight excluding hydrogens is 464 g/mol. The van der Waals surface area contributed by atoms with Crippen molar-refractivity contribution in [2.45, 2.75) is 10.1 Å². The molecule has 3 heterocycles. The monoisotopic (exact) mass is 474 g/mol. The van der Waals surface area contributed by atoms with E-state index in [9.17, 15) is 4.79 Å². The maximum absolute atomic E-state index is 12.6. The van der Waals surface area contributed by atoms with Gasteiger partial charge in [0.1, 0.15) is 0 Å². The van der Waals surface area contributed by atoms with Gasteiger partial charge in [-0.15, -0.1) is 5.10 Å². The molecule has 29 heavy (non-hydrogen) atoms. The predicted octanol–water partition coefficient (Wildman–Crippen LogP) is 5.83. The smallest absolute Gasteiger partial charge is 0.259 e. The van der Waals surface area contributed by atoms with E-state index in [1.54, 1.807) is 15.1 Å². The molecule has 144 valence electrons. The third-order valence-corrected chi connectivity index (χ3v) is 7.86. The largest absolute Gasteiger partial charge is 0.269 e. The van der Waals surface area contributed by atoms with Gasteiger partial charge in [-0.1, -0.05) is 58.2 Å². The Morgan fingerprint density at radius 3 is 2.72 bits per heavy atom. The normalized spacial score (nSPS) is 11.5. The minimum atomic E-state index is -0.0672. The van der Waals surface area contributed by atoms with Gasteiger partial charge in [-0.25, -0.2) is 9.67 Å². The minimum Gasteiger partial charge on any atom is -0.269 e. The zero-order valence-electron chi connectivity index (χ0n) is 14.6. The van der Waals surface area contributed by atoms with Crippen LogP contribution in [0.2, 0.25) is 5.02 Å². The average Bonchev–Trinajstić information content (AvgIpc) is 3.27. The summed E-state index contributed by atoms with van der Waals surface area (Å²) in [4.78, 5) is 18.0. The molecule has 10 heteroatoms. The molecule has 0 aliphatic rings.